The second-order valence-electron chi connectivity index (χ2n) is 5.80. The van der Waals surface area contributed by atoms with E-state index in [1.165, 1.54) is 0 Å². The molecule has 0 heterocycles. The van der Waals surface area contributed by atoms with E-state index in [4.69, 9.17) is 4.74 Å². The smallest absolute Gasteiger partial charge is 0.342 e. The van der Waals surface area contributed by atoms with E-state index in [-0.39, 0.29) is 22.9 Å². The number of ether oxygens (including phenoxy) is 1. The maximum atomic E-state index is 11.8. The SMILES string of the molecule is CC1(C)C[C]=C(C(=O)OC2CCCC2)C(=O)C1. The summed E-state index contributed by atoms with van der Waals surface area (Å²) in [5, 5.41) is 0. The van der Waals surface area contributed by atoms with Gasteiger partial charge in [0.05, 0.1) is 0 Å². The Balaban J connectivity index is 1.99. The van der Waals surface area contributed by atoms with Crippen LogP contribution in [0.5, 0.6) is 0 Å². The van der Waals surface area contributed by atoms with Crippen molar-refractivity contribution in [2.75, 3.05) is 0 Å². The highest BCUT2D eigenvalue weighted by molar-refractivity contribution is 6.17. The summed E-state index contributed by atoms with van der Waals surface area (Å²) in [5.74, 6) is -0.582. The molecule has 0 aromatic rings. The first-order valence-electron chi connectivity index (χ1n) is 6.33. The molecule has 0 atom stereocenters. The van der Waals surface area contributed by atoms with E-state index in [1.54, 1.807) is 0 Å². The molecule has 0 spiro atoms. The van der Waals surface area contributed by atoms with Gasteiger partial charge in [0.1, 0.15) is 11.7 Å². The van der Waals surface area contributed by atoms with Gasteiger partial charge in [-0.25, -0.2) is 4.79 Å². The minimum absolute atomic E-state index is 0.0135. The zero-order valence-electron chi connectivity index (χ0n) is 10.5. The zero-order valence-corrected chi connectivity index (χ0v) is 10.5. The first kappa shape index (κ1) is 12.3. The fourth-order valence-corrected chi connectivity index (χ4v) is 2.41. The summed E-state index contributed by atoms with van der Waals surface area (Å²) < 4.78 is 5.33. The van der Waals surface area contributed by atoms with Crippen molar-refractivity contribution in [1.29, 1.82) is 0 Å². The monoisotopic (exact) mass is 235 g/mol. The van der Waals surface area contributed by atoms with E-state index < -0.39 is 5.97 Å². The Kier molecular flexibility index (Phi) is 3.36. The summed E-state index contributed by atoms with van der Waals surface area (Å²) >= 11 is 0. The zero-order chi connectivity index (χ0) is 12.5. The predicted octanol–water partition coefficient (Wildman–Crippen LogP) is 2.59. The Morgan fingerprint density at radius 1 is 1.35 bits per heavy atom. The summed E-state index contributed by atoms with van der Waals surface area (Å²) in [6.45, 7) is 4.02. The van der Waals surface area contributed by atoms with Gasteiger partial charge in [-0.15, -0.1) is 0 Å². The highest BCUT2D eigenvalue weighted by Crippen LogP contribution is 2.32. The van der Waals surface area contributed by atoms with Crippen molar-refractivity contribution in [3.8, 4) is 0 Å². The molecule has 2 rings (SSSR count). The van der Waals surface area contributed by atoms with Crippen molar-refractivity contribution in [2.45, 2.75) is 58.5 Å². The van der Waals surface area contributed by atoms with Crippen LogP contribution in [0.3, 0.4) is 0 Å². The molecule has 0 saturated heterocycles. The largest absolute Gasteiger partial charge is 0.459 e. The molecular weight excluding hydrogens is 216 g/mol. The van der Waals surface area contributed by atoms with Gasteiger partial charge < -0.3 is 4.74 Å². The lowest BCUT2D eigenvalue weighted by Crippen LogP contribution is -2.28. The third kappa shape index (κ3) is 2.96. The molecule has 1 saturated carbocycles. The average Bonchev–Trinajstić information content (AvgIpc) is 2.68. The molecule has 3 heteroatoms. The summed E-state index contributed by atoms with van der Waals surface area (Å²) in [5.41, 5.74) is 0.0741. The lowest BCUT2D eigenvalue weighted by molar-refractivity contribution is -0.145. The molecule has 0 aromatic heterocycles. The van der Waals surface area contributed by atoms with Gasteiger partial charge in [-0.05, 0) is 43.6 Å². The molecule has 0 N–H and O–H groups in total. The Morgan fingerprint density at radius 2 is 2.00 bits per heavy atom. The van der Waals surface area contributed by atoms with Crippen LogP contribution < -0.4 is 0 Å². The second kappa shape index (κ2) is 4.63. The molecule has 93 valence electrons. The Labute approximate surface area is 102 Å². The van der Waals surface area contributed by atoms with Gasteiger partial charge in [-0.2, -0.15) is 0 Å². The summed E-state index contributed by atoms with van der Waals surface area (Å²) in [6.07, 6.45) is 8.08. The van der Waals surface area contributed by atoms with Gasteiger partial charge in [0, 0.05) is 6.42 Å². The van der Waals surface area contributed by atoms with Crippen LogP contribution in [0.15, 0.2) is 5.57 Å². The third-order valence-corrected chi connectivity index (χ3v) is 3.44. The summed E-state index contributed by atoms with van der Waals surface area (Å²) in [6, 6.07) is 0. The number of carbonyl (C=O) groups is 2. The predicted molar refractivity (Wildman–Crippen MR) is 63.1 cm³/mol. The maximum Gasteiger partial charge on any atom is 0.342 e. The van der Waals surface area contributed by atoms with Crippen LogP contribution in [0, 0.1) is 11.5 Å². The highest BCUT2D eigenvalue weighted by Gasteiger charge is 2.33. The van der Waals surface area contributed by atoms with Crippen LogP contribution in [0.2, 0.25) is 0 Å². The molecule has 0 amide bonds. The average molecular weight is 235 g/mol. The lowest BCUT2D eigenvalue weighted by Gasteiger charge is -2.26. The van der Waals surface area contributed by atoms with Crippen LogP contribution in [0.25, 0.3) is 0 Å². The van der Waals surface area contributed by atoms with Crippen LogP contribution in [0.1, 0.15) is 52.4 Å². The number of hydrogen-bond donors (Lipinski definition) is 0. The fraction of sp³-hybridized carbons (Fsp3) is 0.714. The molecule has 0 aliphatic heterocycles. The number of ketones is 1. The Bertz CT molecular complexity index is 360. The molecule has 2 aliphatic carbocycles. The number of esters is 1. The van der Waals surface area contributed by atoms with Crippen LogP contribution in [-0.2, 0) is 14.3 Å². The number of Topliss-reactive ketones (excluding diaryl/α,β-unsaturated/α-hetero) is 1. The molecule has 2 aliphatic rings. The van der Waals surface area contributed by atoms with Gasteiger partial charge in [-0.1, -0.05) is 13.8 Å². The van der Waals surface area contributed by atoms with Gasteiger partial charge in [0.15, 0.2) is 5.78 Å². The second-order valence-corrected chi connectivity index (χ2v) is 5.80. The van der Waals surface area contributed by atoms with Gasteiger partial charge >= 0.3 is 5.97 Å². The Hall–Kier alpha value is -1.12. The fourth-order valence-electron chi connectivity index (χ4n) is 2.41. The molecular formula is C14H19O3. The van der Waals surface area contributed by atoms with Crippen molar-refractivity contribution in [3.63, 3.8) is 0 Å². The normalized spacial score (nSPS) is 24.6. The van der Waals surface area contributed by atoms with E-state index in [0.717, 1.165) is 25.7 Å². The highest BCUT2D eigenvalue weighted by atomic mass is 16.5. The molecule has 0 aromatic carbocycles. The van der Waals surface area contributed by atoms with Gasteiger partial charge in [0.2, 0.25) is 0 Å². The van der Waals surface area contributed by atoms with Crippen LogP contribution in [-0.4, -0.2) is 17.9 Å². The van der Waals surface area contributed by atoms with Crippen LogP contribution >= 0.6 is 0 Å². The van der Waals surface area contributed by atoms with Crippen molar-refractivity contribution < 1.29 is 14.3 Å². The molecule has 17 heavy (non-hydrogen) atoms. The minimum atomic E-state index is -0.461. The van der Waals surface area contributed by atoms with Crippen molar-refractivity contribution in [3.05, 3.63) is 11.6 Å². The molecule has 0 unspecified atom stereocenters. The number of carbonyl (C=O) groups excluding carboxylic acids is 2. The Morgan fingerprint density at radius 3 is 2.59 bits per heavy atom. The van der Waals surface area contributed by atoms with Crippen LogP contribution in [0.4, 0.5) is 0 Å². The quantitative estimate of drug-likeness (QED) is 0.546. The maximum absolute atomic E-state index is 11.8. The first-order chi connectivity index (χ1) is 7.98. The minimum Gasteiger partial charge on any atom is -0.459 e. The van der Waals surface area contributed by atoms with E-state index in [9.17, 15) is 9.59 Å². The van der Waals surface area contributed by atoms with E-state index >= 15 is 0 Å². The first-order valence-corrected chi connectivity index (χ1v) is 6.33. The lowest BCUT2D eigenvalue weighted by atomic mass is 9.77. The van der Waals surface area contributed by atoms with E-state index in [0.29, 0.717) is 12.8 Å². The topological polar surface area (TPSA) is 43.4 Å². The number of rotatable bonds is 2. The van der Waals surface area contributed by atoms with Crippen molar-refractivity contribution in [2.24, 2.45) is 5.41 Å². The van der Waals surface area contributed by atoms with Gasteiger partial charge in [0.25, 0.3) is 0 Å². The van der Waals surface area contributed by atoms with E-state index in [2.05, 4.69) is 6.08 Å². The van der Waals surface area contributed by atoms with Crippen molar-refractivity contribution in [1.82, 2.24) is 0 Å². The molecule has 1 fully saturated rings. The number of allylic oxidation sites excluding steroid dienone is 1. The van der Waals surface area contributed by atoms with Crippen molar-refractivity contribution >= 4 is 11.8 Å². The summed E-state index contributed by atoms with van der Waals surface area (Å²) in [4.78, 5) is 23.7. The number of hydrogen-bond acceptors (Lipinski definition) is 3. The standard InChI is InChI=1S/C14H19O3/c1-14(2)8-7-11(12(15)9-14)13(16)17-10-5-3-4-6-10/h10H,3-6,8-9H2,1-2H3. The van der Waals surface area contributed by atoms with E-state index in [1.807, 2.05) is 13.8 Å². The molecule has 1 radical (unpaired) electrons. The third-order valence-electron chi connectivity index (χ3n) is 3.44. The molecule has 0 bridgehead atoms. The van der Waals surface area contributed by atoms with Gasteiger partial charge in [-0.3, -0.25) is 4.79 Å². The summed E-state index contributed by atoms with van der Waals surface area (Å²) in [7, 11) is 0. The molecule has 3 nitrogen and oxygen atoms in total.